The van der Waals surface area contributed by atoms with Crippen LogP contribution in [0.25, 0.3) is 0 Å². The van der Waals surface area contributed by atoms with Gasteiger partial charge in [0.05, 0.1) is 6.61 Å². The molecular weight excluding hydrogens is 443 g/mol. The molecule has 0 aliphatic carbocycles. The second-order valence-electron chi connectivity index (χ2n) is 8.24. The molecule has 2 fully saturated rings. The number of hydrogen-bond acceptors (Lipinski definition) is 4. The van der Waals surface area contributed by atoms with E-state index in [0.29, 0.717) is 5.92 Å². The van der Waals surface area contributed by atoms with Gasteiger partial charge in [0, 0.05) is 51.9 Å². The second-order valence-corrected chi connectivity index (χ2v) is 8.24. The molecule has 26 heavy (non-hydrogen) atoms. The van der Waals surface area contributed by atoms with Crippen molar-refractivity contribution in [1.82, 2.24) is 15.5 Å². The number of piperidine rings is 1. The van der Waals surface area contributed by atoms with E-state index >= 15 is 0 Å². The van der Waals surface area contributed by atoms with E-state index in [2.05, 4.69) is 34.4 Å². The minimum absolute atomic E-state index is 0. The molecule has 0 radical (unpaired) electrons. The molecule has 0 amide bonds. The zero-order valence-electron chi connectivity index (χ0n) is 16.8. The summed E-state index contributed by atoms with van der Waals surface area (Å²) in [5.74, 6) is 2.29. The van der Waals surface area contributed by atoms with Gasteiger partial charge in [-0.15, -0.1) is 24.0 Å². The normalized spacial score (nSPS) is 27.4. The predicted octanol–water partition coefficient (Wildman–Crippen LogP) is 1.93. The van der Waals surface area contributed by atoms with Crippen LogP contribution in [0.2, 0.25) is 0 Å². The van der Waals surface area contributed by atoms with Gasteiger partial charge in [-0.3, -0.25) is 4.99 Å². The molecule has 0 aromatic carbocycles. The van der Waals surface area contributed by atoms with Gasteiger partial charge in [-0.2, -0.15) is 0 Å². The maximum atomic E-state index is 9.34. The van der Waals surface area contributed by atoms with Crippen molar-refractivity contribution >= 4 is 29.9 Å². The number of aliphatic imine (C=N–C) groups is 1. The van der Waals surface area contributed by atoms with Gasteiger partial charge in [-0.25, -0.2) is 0 Å². The topological polar surface area (TPSA) is 69.1 Å². The molecule has 154 valence electrons. The molecule has 2 heterocycles. The van der Waals surface area contributed by atoms with Crippen molar-refractivity contribution in [3.05, 3.63) is 0 Å². The maximum Gasteiger partial charge on any atom is 0.191 e. The Balaban J connectivity index is 0.00000338. The molecule has 2 saturated heterocycles. The van der Waals surface area contributed by atoms with Crippen LogP contribution in [0.4, 0.5) is 0 Å². The Labute approximate surface area is 176 Å². The van der Waals surface area contributed by atoms with Gasteiger partial charge in [-0.1, -0.05) is 13.8 Å². The third-order valence-electron chi connectivity index (χ3n) is 5.47. The molecule has 3 N–H and O–H groups in total. The van der Waals surface area contributed by atoms with E-state index in [4.69, 9.17) is 4.74 Å². The Morgan fingerprint density at radius 1 is 1.38 bits per heavy atom. The highest BCUT2D eigenvalue weighted by atomic mass is 127. The fraction of sp³-hybridized carbons (Fsp3) is 0.947. The Bertz CT molecular complexity index is 414. The van der Waals surface area contributed by atoms with Crippen molar-refractivity contribution in [2.24, 2.45) is 22.2 Å². The van der Waals surface area contributed by atoms with Crippen LogP contribution in [-0.4, -0.2) is 75.6 Å². The molecule has 0 aromatic heterocycles. The van der Waals surface area contributed by atoms with Gasteiger partial charge in [0.1, 0.15) is 0 Å². The second kappa shape index (κ2) is 12.4. The molecular formula is C19H39IN4O2. The van der Waals surface area contributed by atoms with Crippen LogP contribution in [0.5, 0.6) is 0 Å². The Morgan fingerprint density at radius 3 is 2.81 bits per heavy atom. The fourth-order valence-corrected chi connectivity index (χ4v) is 4.04. The van der Waals surface area contributed by atoms with Crippen LogP contribution in [-0.2, 0) is 4.74 Å². The average molecular weight is 482 g/mol. The highest BCUT2D eigenvalue weighted by molar-refractivity contribution is 14.0. The van der Waals surface area contributed by atoms with Crippen LogP contribution in [0.1, 0.15) is 39.5 Å². The number of aliphatic hydroxyl groups is 1. The minimum Gasteiger partial charge on any atom is -0.396 e. The smallest absolute Gasteiger partial charge is 0.191 e. The lowest BCUT2D eigenvalue weighted by molar-refractivity contribution is 0.127. The molecule has 2 aliphatic rings. The standard InChI is InChI=1S/C19H38N4O2.HI/c1-16(2)12-23-8-4-5-17(13-23)11-21-18(20-3)22-14-19(6-9-24)7-10-25-15-19;/h16-17,24H,4-15H2,1-3H3,(H2,20,21,22);1H. The zero-order valence-corrected chi connectivity index (χ0v) is 19.1. The van der Waals surface area contributed by atoms with Crippen LogP contribution in [0, 0.1) is 17.3 Å². The lowest BCUT2D eigenvalue weighted by atomic mass is 9.84. The summed E-state index contributed by atoms with van der Waals surface area (Å²) in [6.45, 7) is 11.7. The number of nitrogens with one attached hydrogen (secondary N) is 2. The van der Waals surface area contributed by atoms with Gasteiger partial charge in [-0.05, 0) is 44.1 Å². The summed E-state index contributed by atoms with van der Waals surface area (Å²) in [7, 11) is 1.82. The van der Waals surface area contributed by atoms with Crippen molar-refractivity contribution in [3.63, 3.8) is 0 Å². The molecule has 2 aliphatic heterocycles. The van der Waals surface area contributed by atoms with Crippen molar-refractivity contribution < 1.29 is 9.84 Å². The molecule has 6 nitrogen and oxygen atoms in total. The van der Waals surface area contributed by atoms with Gasteiger partial charge >= 0.3 is 0 Å². The van der Waals surface area contributed by atoms with Crippen molar-refractivity contribution in [2.45, 2.75) is 39.5 Å². The first-order chi connectivity index (χ1) is 12.1. The number of halogens is 1. The van der Waals surface area contributed by atoms with E-state index in [9.17, 15) is 5.11 Å². The SMILES string of the molecule is CN=C(NCC1CCCN(CC(C)C)C1)NCC1(CCO)CCOC1.I. The third kappa shape index (κ3) is 7.86. The molecule has 2 rings (SSSR count). The monoisotopic (exact) mass is 482 g/mol. The summed E-state index contributed by atoms with van der Waals surface area (Å²) < 4.78 is 5.56. The third-order valence-corrected chi connectivity index (χ3v) is 5.47. The number of rotatable bonds is 8. The lowest BCUT2D eigenvalue weighted by Gasteiger charge is -2.34. The molecule has 0 bridgehead atoms. The molecule has 2 atom stereocenters. The summed E-state index contributed by atoms with van der Waals surface area (Å²) in [6, 6.07) is 0. The number of likely N-dealkylation sites (tertiary alicyclic amines) is 1. The largest absolute Gasteiger partial charge is 0.396 e. The number of guanidine groups is 1. The van der Waals surface area contributed by atoms with E-state index in [0.717, 1.165) is 51.0 Å². The van der Waals surface area contributed by atoms with Crippen LogP contribution < -0.4 is 10.6 Å². The van der Waals surface area contributed by atoms with Crippen LogP contribution >= 0.6 is 24.0 Å². The van der Waals surface area contributed by atoms with Crippen molar-refractivity contribution in [1.29, 1.82) is 0 Å². The quantitative estimate of drug-likeness (QED) is 0.280. The van der Waals surface area contributed by atoms with E-state index in [1.54, 1.807) is 0 Å². The first-order valence-electron chi connectivity index (χ1n) is 9.92. The van der Waals surface area contributed by atoms with Gasteiger partial charge in [0.25, 0.3) is 0 Å². The minimum atomic E-state index is 0. The van der Waals surface area contributed by atoms with Crippen molar-refractivity contribution in [2.75, 3.05) is 59.6 Å². The van der Waals surface area contributed by atoms with Gasteiger partial charge in [0.15, 0.2) is 5.96 Å². The summed E-state index contributed by atoms with van der Waals surface area (Å²) >= 11 is 0. The Kier molecular flexibility index (Phi) is 11.4. The summed E-state index contributed by atoms with van der Waals surface area (Å²) in [5.41, 5.74) is 0.0469. The van der Waals surface area contributed by atoms with E-state index in [-0.39, 0.29) is 36.0 Å². The van der Waals surface area contributed by atoms with E-state index in [1.807, 2.05) is 7.05 Å². The van der Waals surface area contributed by atoms with Crippen LogP contribution in [0.15, 0.2) is 4.99 Å². The lowest BCUT2D eigenvalue weighted by Crippen LogP contribution is -2.47. The maximum absolute atomic E-state index is 9.34. The first kappa shape index (κ1) is 23.9. The Morgan fingerprint density at radius 2 is 2.19 bits per heavy atom. The van der Waals surface area contributed by atoms with E-state index < -0.39 is 0 Å². The fourth-order valence-electron chi connectivity index (χ4n) is 4.04. The highest BCUT2D eigenvalue weighted by Crippen LogP contribution is 2.31. The number of nitrogens with zero attached hydrogens (tertiary/aromatic N) is 2. The molecule has 2 unspecified atom stereocenters. The first-order valence-corrected chi connectivity index (χ1v) is 9.92. The average Bonchev–Trinajstić information content (AvgIpc) is 3.04. The molecule has 0 spiro atoms. The number of aliphatic hydroxyl groups excluding tert-OH is 1. The van der Waals surface area contributed by atoms with Crippen molar-refractivity contribution in [3.8, 4) is 0 Å². The molecule has 0 saturated carbocycles. The summed E-state index contributed by atoms with van der Waals surface area (Å²) in [6.07, 6.45) is 4.37. The van der Waals surface area contributed by atoms with Gasteiger partial charge in [0.2, 0.25) is 0 Å². The molecule has 7 heteroatoms. The Hall–Kier alpha value is -0.120. The number of hydrogen-bond donors (Lipinski definition) is 3. The molecule has 0 aromatic rings. The zero-order chi connectivity index (χ0) is 18.1. The highest BCUT2D eigenvalue weighted by Gasteiger charge is 2.34. The summed E-state index contributed by atoms with van der Waals surface area (Å²) in [4.78, 5) is 6.97. The number of ether oxygens (including phenoxy) is 1. The van der Waals surface area contributed by atoms with Gasteiger partial charge < -0.3 is 25.4 Å². The summed E-state index contributed by atoms with van der Waals surface area (Å²) in [5, 5.41) is 16.3. The predicted molar refractivity (Wildman–Crippen MR) is 118 cm³/mol. The van der Waals surface area contributed by atoms with Crippen LogP contribution in [0.3, 0.4) is 0 Å². The van der Waals surface area contributed by atoms with E-state index in [1.165, 1.54) is 32.5 Å².